The summed E-state index contributed by atoms with van der Waals surface area (Å²) in [5, 5.41) is 2.48. The Labute approximate surface area is 231 Å². The second-order valence-electron chi connectivity index (χ2n) is 9.84. The molecule has 2 aromatic rings. The Morgan fingerprint density at radius 2 is 1.70 bits per heavy atom. The second kappa shape index (κ2) is 12.8. The minimum atomic E-state index is -4.59. The molecule has 1 fully saturated rings. The van der Waals surface area contributed by atoms with Crippen molar-refractivity contribution in [2.45, 2.75) is 39.4 Å². The van der Waals surface area contributed by atoms with Crippen molar-refractivity contribution in [1.29, 1.82) is 0 Å². The molecule has 2 aliphatic rings. The SMILES string of the molecule is CCOC1=CC(c2ccc(CC(=O)Nc3ccc(CN4CCN(CC)CC4)c(C(F)(F)F)c3)c(F)c2)=CCC1=O. The van der Waals surface area contributed by atoms with E-state index in [1.165, 1.54) is 24.3 Å². The zero-order valence-corrected chi connectivity index (χ0v) is 22.6. The molecule has 0 bridgehead atoms. The normalized spacial score (nSPS) is 16.9. The van der Waals surface area contributed by atoms with Crippen LogP contribution in [0.15, 0.2) is 54.3 Å². The van der Waals surface area contributed by atoms with Crippen molar-refractivity contribution in [2.75, 3.05) is 44.6 Å². The minimum absolute atomic E-state index is 0.000440. The molecule has 0 atom stereocenters. The van der Waals surface area contributed by atoms with E-state index in [1.807, 2.05) is 4.90 Å². The fourth-order valence-corrected chi connectivity index (χ4v) is 4.87. The number of Topliss-reactive ketones (excluding diaryl/α,β-unsaturated/α-hetero) is 1. The van der Waals surface area contributed by atoms with Gasteiger partial charge < -0.3 is 15.0 Å². The van der Waals surface area contributed by atoms with Crippen LogP contribution in [-0.4, -0.2) is 60.8 Å². The molecule has 1 heterocycles. The molecular formula is C30H33F4N3O3. The molecule has 1 aliphatic heterocycles. The molecule has 10 heteroatoms. The summed E-state index contributed by atoms with van der Waals surface area (Å²) in [5.74, 6) is -1.21. The molecule has 214 valence electrons. The molecule has 1 N–H and O–H groups in total. The molecule has 40 heavy (non-hydrogen) atoms. The number of anilines is 1. The van der Waals surface area contributed by atoms with Gasteiger partial charge in [0.2, 0.25) is 11.7 Å². The van der Waals surface area contributed by atoms with Gasteiger partial charge in [0.1, 0.15) is 5.82 Å². The van der Waals surface area contributed by atoms with E-state index in [2.05, 4.69) is 17.1 Å². The van der Waals surface area contributed by atoms with E-state index in [9.17, 15) is 27.2 Å². The smallest absolute Gasteiger partial charge is 0.416 e. The van der Waals surface area contributed by atoms with Gasteiger partial charge in [-0.25, -0.2) is 4.39 Å². The molecule has 0 radical (unpaired) electrons. The number of halogens is 4. The van der Waals surface area contributed by atoms with Crippen molar-refractivity contribution in [3.05, 3.63) is 82.4 Å². The monoisotopic (exact) mass is 559 g/mol. The standard InChI is InChI=1S/C30H33F4N3O3/c1-3-36-11-13-37(14-12-36)19-23-7-9-24(18-25(23)30(32,33)34)35-29(39)17-22-6-5-20(15-26(22)31)21-8-10-27(38)28(16-21)40-4-2/h5-9,15-16,18H,3-4,10-14,17,19H2,1-2H3,(H,35,39). The molecule has 0 saturated carbocycles. The Bertz CT molecular complexity index is 1310. The highest BCUT2D eigenvalue weighted by Gasteiger charge is 2.34. The van der Waals surface area contributed by atoms with Gasteiger partial charge in [-0.15, -0.1) is 0 Å². The number of rotatable bonds is 9. The molecule has 0 spiro atoms. The van der Waals surface area contributed by atoms with Crippen molar-refractivity contribution in [3.63, 3.8) is 0 Å². The number of carbonyl (C=O) groups excluding carboxylic acids is 2. The highest BCUT2D eigenvalue weighted by atomic mass is 19.4. The van der Waals surface area contributed by atoms with Crippen LogP contribution < -0.4 is 5.32 Å². The average Bonchev–Trinajstić information content (AvgIpc) is 2.92. The van der Waals surface area contributed by atoms with Crippen LogP contribution in [0, 0.1) is 5.82 Å². The van der Waals surface area contributed by atoms with Crippen molar-refractivity contribution in [2.24, 2.45) is 0 Å². The number of allylic oxidation sites excluding steroid dienone is 4. The van der Waals surface area contributed by atoms with Crippen LogP contribution in [0.3, 0.4) is 0 Å². The summed E-state index contributed by atoms with van der Waals surface area (Å²) in [6, 6.07) is 8.13. The van der Waals surface area contributed by atoms with Crippen LogP contribution in [-0.2, 0) is 33.5 Å². The first-order valence-corrected chi connectivity index (χ1v) is 13.4. The number of likely N-dealkylation sites (N-methyl/N-ethyl adjacent to an activating group) is 1. The van der Waals surface area contributed by atoms with Crippen LogP contribution in [0.25, 0.3) is 5.57 Å². The maximum atomic E-state index is 14.9. The predicted molar refractivity (Wildman–Crippen MR) is 145 cm³/mol. The number of amides is 1. The Morgan fingerprint density at radius 1 is 1.00 bits per heavy atom. The lowest BCUT2D eigenvalue weighted by atomic mass is 9.96. The number of nitrogens with one attached hydrogen (secondary N) is 1. The Balaban J connectivity index is 1.43. The summed E-state index contributed by atoms with van der Waals surface area (Å²) in [5.41, 5.74) is 0.605. The molecule has 0 unspecified atom stereocenters. The first kappa shape index (κ1) is 29.5. The van der Waals surface area contributed by atoms with Gasteiger partial charge in [0.25, 0.3) is 0 Å². The third kappa shape index (κ3) is 7.37. The summed E-state index contributed by atoms with van der Waals surface area (Å²) in [4.78, 5) is 28.8. The Kier molecular flexibility index (Phi) is 9.42. The summed E-state index contributed by atoms with van der Waals surface area (Å²) >= 11 is 0. The van der Waals surface area contributed by atoms with E-state index in [0.717, 1.165) is 25.7 Å². The maximum absolute atomic E-state index is 14.9. The highest BCUT2D eigenvalue weighted by molar-refractivity contribution is 6.01. The lowest BCUT2D eigenvalue weighted by Crippen LogP contribution is -2.45. The average molecular weight is 560 g/mol. The molecule has 4 rings (SSSR count). The fourth-order valence-electron chi connectivity index (χ4n) is 4.87. The van der Waals surface area contributed by atoms with Crippen LogP contribution in [0.1, 0.15) is 42.5 Å². The number of carbonyl (C=O) groups is 2. The predicted octanol–water partition coefficient (Wildman–Crippen LogP) is 5.44. The Hall–Kier alpha value is -3.50. The number of ether oxygens (including phenoxy) is 1. The molecular weight excluding hydrogens is 526 g/mol. The minimum Gasteiger partial charge on any atom is -0.490 e. The van der Waals surface area contributed by atoms with Crippen LogP contribution >= 0.6 is 0 Å². The molecule has 1 aliphatic carbocycles. The van der Waals surface area contributed by atoms with Gasteiger partial charge in [0.05, 0.1) is 18.6 Å². The number of benzene rings is 2. The first-order chi connectivity index (χ1) is 19.1. The van der Waals surface area contributed by atoms with Crippen molar-refractivity contribution < 1.29 is 31.9 Å². The van der Waals surface area contributed by atoms with E-state index in [-0.39, 0.29) is 47.7 Å². The number of piperazine rings is 1. The maximum Gasteiger partial charge on any atom is 0.416 e. The molecule has 0 aromatic heterocycles. The number of ketones is 1. The number of hydrogen-bond donors (Lipinski definition) is 1. The molecule has 1 amide bonds. The third-order valence-corrected chi connectivity index (χ3v) is 7.11. The van der Waals surface area contributed by atoms with Crippen molar-refractivity contribution in [3.8, 4) is 0 Å². The number of nitrogens with zero attached hydrogens (tertiary/aromatic N) is 2. The van der Waals surface area contributed by atoms with E-state index < -0.39 is 23.5 Å². The van der Waals surface area contributed by atoms with Gasteiger partial charge in [-0.3, -0.25) is 14.5 Å². The van der Waals surface area contributed by atoms with Crippen LogP contribution in [0.4, 0.5) is 23.2 Å². The van der Waals surface area contributed by atoms with Gasteiger partial charge in [-0.05, 0) is 60.0 Å². The van der Waals surface area contributed by atoms with Gasteiger partial charge in [0.15, 0.2) is 5.76 Å². The van der Waals surface area contributed by atoms with Gasteiger partial charge >= 0.3 is 6.18 Å². The first-order valence-electron chi connectivity index (χ1n) is 13.4. The summed E-state index contributed by atoms with van der Waals surface area (Å²) in [7, 11) is 0. The van der Waals surface area contributed by atoms with Crippen LogP contribution in [0.5, 0.6) is 0 Å². The van der Waals surface area contributed by atoms with E-state index in [1.54, 1.807) is 25.1 Å². The Morgan fingerprint density at radius 3 is 2.35 bits per heavy atom. The molecule has 1 saturated heterocycles. The third-order valence-electron chi connectivity index (χ3n) is 7.11. The highest BCUT2D eigenvalue weighted by Crippen LogP contribution is 2.35. The summed E-state index contributed by atoms with van der Waals surface area (Å²) in [6.45, 7) is 8.24. The van der Waals surface area contributed by atoms with Crippen molar-refractivity contribution in [1.82, 2.24) is 9.80 Å². The van der Waals surface area contributed by atoms with E-state index >= 15 is 0 Å². The van der Waals surface area contributed by atoms with Gasteiger partial charge in [-0.1, -0.05) is 31.2 Å². The summed E-state index contributed by atoms with van der Waals surface area (Å²) in [6.07, 6.45) is -1.56. The largest absolute Gasteiger partial charge is 0.490 e. The van der Waals surface area contributed by atoms with E-state index in [4.69, 9.17) is 4.74 Å². The van der Waals surface area contributed by atoms with Gasteiger partial charge in [-0.2, -0.15) is 13.2 Å². The van der Waals surface area contributed by atoms with Crippen LogP contribution in [0.2, 0.25) is 0 Å². The second-order valence-corrected chi connectivity index (χ2v) is 9.84. The van der Waals surface area contributed by atoms with E-state index in [0.29, 0.717) is 30.8 Å². The summed E-state index contributed by atoms with van der Waals surface area (Å²) < 4.78 is 61.9. The number of hydrogen-bond acceptors (Lipinski definition) is 5. The topological polar surface area (TPSA) is 61.9 Å². The lowest BCUT2D eigenvalue weighted by Gasteiger charge is -2.34. The lowest BCUT2D eigenvalue weighted by molar-refractivity contribution is -0.138. The fraction of sp³-hybridized carbons (Fsp3) is 0.400. The molecule has 6 nitrogen and oxygen atoms in total. The number of alkyl halides is 3. The van der Waals surface area contributed by atoms with Crippen molar-refractivity contribution >= 4 is 23.0 Å². The molecule has 2 aromatic carbocycles. The quantitative estimate of drug-likeness (QED) is 0.415. The van der Waals surface area contributed by atoms with Gasteiger partial charge in [0, 0.05) is 44.8 Å². The zero-order valence-electron chi connectivity index (χ0n) is 22.6. The zero-order chi connectivity index (χ0) is 28.9.